The number of nitrogens with zero attached hydrogens (tertiary/aromatic N) is 3. The zero-order valence-corrected chi connectivity index (χ0v) is 14.4. The lowest BCUT2D eigenvalue weighted by atomic mass is 9.91. The van der Waals surface area contributed by atoms with E-state index >= 15 is 0 Å². The lowest BCUT2D eigenvalue weighted by Gasteiger charge is -2.29. The topological polar surface area (TPSA) is 67.3 Å². The van der Waals surface area contributed by atoms with Gasteiger partial charge in [-0.2, -0.15) is 0 Å². The molecule has 0 radical (unpaired) electrons. The molecule has 25 heavy (non-hydrogen) atoms. The van der Waals surface area contributed by atoms with Crippen molar-refractivity contribution in [3.05, 3.63) is 53.3 Å². The number of amides is 1. The van der Waals surface area contributed by atoms with E-state index in [4.69, 9.17) is 4.74 Å². The first-order chi connectivity index (χ1) is 12.2. The number of benzene rings is 1. The van der Waals surface area contributed by atoms with Gasteiger partial charge in [0, 0.05) is 43.2 Å². The van der Waals surface area contributed by atoms with Crippen molar-refractivity contribution in [1.82, 2.24) is 20.2 Å². The van der Waals surface area contributed by atoms with E-state index in [0.29, 0.717) is 6.01 Å². The second-order valence-electron chi connectivity index (χ2n) is 6.93. The molecule has 6 heteroatoms. The highest BCUT2D eigenvalue weighted by atomic mass is 16.5. The molecule has 1 spiro atoms. The maximum atomic E-state index is 12.6. The van der Waals surface area contributed by atoms with Crippen molar-refractivity contribution in [1.29, 1.82) is 0 Å². The van der Waals surface area contributed by atoms with Gasteiger partial charge in [-0.25, -0.2) is 9.97 Å². The minimum atomic E-state index is -0.135. The van der Waals surface area contributed by atoms with Crippen LogP contribution in [0.5, 0.6) is 6.01 Å². The first kappa shape index (κ1) is 16.0. The average Bonchev–Trinajstić information content (AvgIpc) is 2.97. The van der Waals surface area contributed by atoms with Crippen molar-refractivity contribution in [3.8, 4) is 6.01 Å². The first-order valence-electron chi connectivity index (χ1n) is 8.65. The van der Waals surface area contributed by atoms with E-state index in [1.807, 2.05) is 18.2 Å². The van der Waals surface area contributed by atoms with E-state index in [1.54, 1.807) is 19.5 Å². The zero-order valence-electron chi connectivity index (χ0n) is 14.4. The number of hydrogen-bond acceptors (Lipinski definition) is 5. The Morgan fingerprint density at radius 1 is 1.24 bits per heavy atom. The number of carbonyl (C=O) groups is 1. The van der Waals surface area contributed by atoms with Gasteiger partial charge in [0.05, 0.1) is 12.6 Å². The molecule has 0 saturated carbocycles. The molecule has 1 saturated heterocycles. The van der Waals surface area contributed by atoms with Crippen molar-refractivity contribution in [2.75, 3.05) is 20.2 Å². The summed E-state index contributed by atoms with van der Waals surface area (Å²) in [5.74, 6) is 0.0581. The van der Waals surface area contributed by atoms with Crippen molar-refractivity contribution < 1.29 is 9.53 Å². The monoisotopic (exact) mass is 338 g/mol. The number of fused-ring (bicyclic) bond motifs is 1. The van der Waals surface area contributed by atoms with E-state index < -0.39 is 0 Å². The van der Waals surface area contributed by atoms with Crippen LogP contribution in [-0.4, -0.2) is 46.5 Å². The SMILES string of the molecule is COc1ncc(CN2CC[C@@]3(CCc4ccccc4C(=O)N3)C2)cn1. The molecule has 1 atom stereocenters. The van der Waals surface area contributed by atoms with Crippen LogP contribution in [0.3, 0.4) is 0 Å². The fraction of sp³-hybridized carbons (Fsp3) is 0.421. The Hall–Kier alpha value is -2.47. The third-order valence-corrected chi connectivity index (χ3v) is 5.22. The number of rotatable bonds is 3. The molecular weight excluding hydrogens is 316 g/mol. The summed E-state index contributed by atoms with van der Waals surface area (Å²) in [5, 5.41) is 3.31. The number of carbonyl (C=O) groups excluding carboxylic acids is 1. The lowest BCUT2D eigenvalue weighted by Crippen LogP contribution is -2.49. The fourth-order valence-electron chi connectivity index (χ4n) is 3.89. The minimum Gasteiger partial charge on any atom is -0.467 e. The second kappa shape index (κ2) is 6.44. The predicted molar refractivity (Wildman–Crippen MR) is 93.4 cm³/mol. The molecule has 2 aliphatic heterocycles. The quantitative estimate of drug-likeness (QED) is 0.924. The standard InChI is InChI=1S/C19H22N4O2/c1-25-18-20-10-14(11-21-18)12-23-9-8-19(13-23)7-6-15-4-2-3-5-16(15)17(24)22-19/h2-5,10-11H,6-9,12-13H2,1H3,(H,22,24)/t19-/m0/s1. The van der Waals surface area contributed by atoms with Crippen LogP contribution in [-0.2, 0) is 13.0 Å². The highest BCUT2D eigenvalue weighted by Crippen LogP contribution is 2.31. The first-order valence-corrected chi connectivity index (χ1v) is 8.65. The van der Waals surface area contributed by atoms with Gasteiger partial charge in [0.15, 0.2) is 0 Å². The van der Waals surface area contributed by atoms with Gasteiger partial charge in [-0.1, -0.05) is 18.2 Å². The Labute approximate surface area is 147 Å². The molecule has 3 heterocycles. The van der Waals surface area contributed by atoms with E-state index in [-0.39, 0.29) is 11.4 Å². The van der Waals surface area contributed by atoms with Crippen LogP contribution in [0.2, 0.25) is 0 Å². The Bertz CT molecular complexity index is 777. The van der Waals surface area contributed by atoms with Crippen LogP contribution in [0.4, 0.5) is 0 Å². The molecule has 2 aromatic rings. The van der Waals surface area contributed by atoms with Gasteiger partial charge in [0.2, 0.25) is 0 Å². The zero-order chi connectivity index (χ0) is 17.3. The third kappa shape index (κ3) is 3.22. The van der Waals surface area contributed by atoms with Crippen molar-refractivity contribution in [3.63, 3.8) is 0 Å². The van der Waals surface area contributed by atoms with Gasteiger partial charge in [-0.15, -0.1) is 0 Å². The normalized spacial score (nSPS) is 23.2. The average molecular weight is 338 g/mol. The summed E-state index contributed by atoms with van der Waals surface area (Å²) in [6, 6.07) is 8.31. The van der Waals surface area contributed by atoms with Crippen molar-refractivity contribution in [2.45, 2.75) is 31.3 Å². The number of aromatic nitrogens is 2. The van der Waals surface area contributed by atoms with Crippen LogP contribution in [0.25, 0.3) is 0 Å². The summed E-state index contributed by atoms with van der Waals surface area (Å²) in [5.41, 5.74) is 2.89. The highest BCUT2D eigenvalue weighted by molar-refractivity contribution is 5.96. The van der Waals surface area contributed by atoms with Crippen LogP contribution < -0.4 is 10.1 Å². The van der Waals surface area contributed by atoms with E-state index in [9.17, 15) is 4.79 Å². The number of aryl methyl sites for hydroxylation is 1. The van der Waals surface area contributed by atoms with Gasteiger partial charge in [-0.3, -0.25) is 9.69 Å². The lowest BCUT2D eigenvalue weighted by molar-refractivity contribution is 0.0902. The molecule has 0 bridgehead atoms. The van der Waals surface area contributed by atoms with Crippen molar-refractivity contribution >= 4 is 5.91 Å². The van der Waals surface area contributed by atoms with Gasteiger partial charge in [0.25, 0.3) is 5.91 Å². The number of likely N-dealkylation sites (tertiary alicyclic amines) is 1. The molecule has 6 nitrogen and oxygen atoms in total. The molecule has 1 aromatic carbocycles. The number of ether oxygens (including phenoxy) is 1. The summed E-state index contributed by atoms with van der Waals surface area (Å²) in [4.78, 5) is 23.3. The Balaban J connectivity index is 1.45. The molecule has 4 rings (SSSR count). The maximum Gasteiger partial charge on any atom is 0.316 e. The predicted octanol–water partition coefficient (Wildman–Crippen LogP) is 1.81. The Morgan fingerprint density at radius 2 is 2.04 bits per heavy atom. The van der Waals surface area contributed by atoms with Crippen LogP contribution >= 0.6 is 0 Å². The number of methoxy groups -OCH3 is 1. The summed E-state index contributed by atoms with van der Waals surface area (Å²) in [6.45, 7) is 2.61. The molecule has 0 aliphatic carbocycles. The van der Waals surface area contributed by atoms with Crippen LogP contribution in [0.1, 0.15) is 34.3 Å². The Morgan fingerprint density at radius 3 is 2.84 bits per heavy atom. The van der Waals surface area contributed by atoms with E-state index in [0.717, 1.165) is 55.6 Å². The second-order valence-corrected chi connectivity index (χ2v) is 6.93. The summed E-state index contributed by atoms with van der Waals surface area (Å²) >= 11 is 0. The van der Waals surface area contributed by atoms with E-state index in [1.165, 1.54) is 0 Å². The van der Waals surface area contributed by atoms with Gasteiger partial charge in [0.1, 0.15) is 0 Å². The molecular formula is C19H22N4O2. The fourth-order valence-corrected chi connectivity index (χ4v) is 3.89. The number of nitrogens with one attached hydrogen (secondary N) is 1. The molecule has 1 fully saturated rings. The molecule has 1 amide bonds. The smallest absolute Gasteiger partial charge is 0.316 e. The minimum absolute atomic E-state index is 0.0581. The summed E-state index contributed by atoms with van der Waals surface area (Å²) in [6.07, 6.45) is 6.50. The van der Waals surface area contributed by atoms with Crippen molar-refractivity contribution in [2.24, 2.45) is 0 Å². The Kier molecular flexibility index (Phi) is 4.13. The molecule has 2 aliphatic rings. The third-order valence-electron chi connectivity index (χ3n) is 5.22. The molecule has 130 valence electrons. The van der Waals surface area contributed by atoms with E-state index in [2.05, 4.69) is 26.3 Å². The highest BCUT2D eigenvalue weighted by Gasteiger charge is 2.41. The molecule has 1 N–H and O–H groups in total. The largest absolute Gasteiger partial charge is 0.467 e. The van der Waals surface area contributed by atoms with Gasteiger partial charge >= 0.3 is 6.01 Å². The van der Waals surface area contributed by atoms with Gasteiger partial charge in [-0.05, 0) is 30.9 Å². The maximum absolute atomic E-state index is 12.6. The molecule has 0 unspecified atom stereocenters. The van der Waals surface area contributed by atoms with Gasteiger partial charge < -0.3 is 10.1 Å². The summed E-state index contributed by atoms with van der Waals surface area (Å²) in [7, 11) is 1.56. The summed E-state index contributed by atoms with van der Waals surface area (Å²) < 4.78 is 5.00. The molecule has 1 aromatic heterocycles. The number of hydrogen-bond donors (Lipinski definition) is 1. The van der Waals surface area contributed by atoms with Crippen LogP contribution in [0, 0.1) is 0 Å². The van der Waals surface area contributed by atoms with Crippen LogP contribution in [0.15, 0.2) is 36.7 Å².